The molecule has 2 aromatic carbocycles. The Morgan fingerprint density at radius 1 is 1.14 bits per heavy atom. The van der Waals surface area contributed by atoms with Gasteiger partial charge in [-0.15, -0.1) is 11.3 Å². The van der Waals surface area contributed by atoms with Crippen LogP contribution in [0.3, 0.4) is 0 Å². The summed E-state index contributed by atoms with van der Waals surface area (Å²) in [5.74, 6) is -0.377. The molecule has 0 radical (unpaired) electrons. The van der Waals surface area contributed by atoms with E-state index in [2.05, 4.69) is 23.3 Å². The Labute approximate surface area is 166 Å². The van der Waals surface area contributed by atoms with E-state index < -0.39 is 10.8 Å². The second-order valence-corrected chi connectivity index (χ2v) is 7.52. The quantitative estimate of drug-likeness (QED) is 0.488. The van der Waals surface area contributed by atoms with Crippen molar-refractivity contribution in [3.63, 3.8) is 0 Å². The molecule has 3 rings (SSSR count). The van der Waals surface area contributed by atoms with Crippen LogP contribution in [0, 0.1) is 30.9 Å². The SMILES string of the molecule is COc1cc(C(=O)Nc2nc(-c3ccc(C)c(C)c3)c(C)s2)ccc1[N+](=O)[O-]. The van der Waals surface area contributed by atoms with Crippen LogP contribution in [0.2, 0.25) is 0 Å². The molecule has 28 heavy (non-hydrogen) atoms. The molecule has 0 aliphatic heterocycles. The Kier molecular flexibility index (Phi) is 5.41. The second kappa shape index (κ2) is 7.77. The van der Waals surface area contributed by atoms with E-state index in [0.717, 1.165) is 16.1 Å². The van der Waals surface area contributed by atoms with E-state index in [1.54, 1.807) is 0 Å². The van der Waals surface area contributed by atoms with Crippen molar-refractivity contribution >= 4 is 28.1 Å². The van der Waals surface area contributed by atoms with Gasteiger partial charge < -0.3 is 4.74 Å². The van der Waals surface area contributed by atoms with E-state index in [4.69, 9.17) is 4.74 Å². The van der Waals surface area contributed by atoms with Gasteiger partial charge >= 0.3 is 5.69 Å². The third-order valence-electron chi connectivity index (χ3n) is 4.44. The van der Waals surface area contributed by atoms with Gasteiger partial charge in [0.05, 0.1) is 17.7 Å². The van der Waals surface area contributed by atoms with E-state index in [1.807, 2.05) is 26.0 Å². The lowest BCUT2D eigenvalue weighted by Crippen LogP contribution is -2.12. The van der Waals surface area contributed by atoms with E-state index in [1.165, 1.54) is 47.8 Å². The molecule has 0 saturated heterocycles. The molecule has 3 aromatic rings. The molecule has 144 valence electrons. The molecule has 0 fully saturated rings. The number of carbonyl (C=O) groups excluding carboxylic acids is 1. The maximum atomic E-state index is 12.5. The lowest BCUT2D eigenvalue weighted by atomic mass is 10.0. The molecule has 8 heteroatoms. The number of aromatic nitrogens is 1. The summed E-state index contributed by atoms with van der Waals surface area (Å²) in [7, 11) is 1.32. The van der Waals surface area contributed by atoms with Crippen molar-refractivity contribution in [3.8, 4) is 17.0 Å². The number of anilines is 1. The molecule has 0 atom stereocenters. The Morgan fingerprint density at radius 2 is 1.89 bits per heavy atom. The number of rotatable bonds is 5. The Bertz CT molecular complexity index is 1080. The number of amides is 1. The van der Waals surface area contributed by atoms with Crippen molar-refractivity contribution < 1.29 is 14.5 Å². The number of nitro groups is 1. The monoisotopic (exact) mass is 397 g/mol. The van der Waals surface area contributed by atoms with E-state index >= 15 is 0 Å². The summed E-state index contributed by atoms with van der Waals surface area (Å²) in [5, 5.41) is 14.2. The van der Waals surface area contributed by atoms with Gasteiger partial charge in [0.2, 0.25) is 0 Å². The summed E-state index contributed by atoms with van der Waals surface area (Å²) in [6, 6.07) is 10.1. The summed E-state index contributed by atoms with van der Waals surface area (Å²) >= 11 is 1.38. The zero-order chi connectivity index (χ0) is 20.4. The highest BCUT2D eigenvalue weighted by Gasteiger charge is 2.19. The van der Waals surface area contributed by atoms with Gasteiger partial charge in [0.1, 0.15) is 0 Å². The van der Waals surface area contributed by atoms with Crippen LogP contribution in [0.5, 0.6) is 5.75 Å². The van der Waals surface area contributed by atoms with Gasteiger partial charge in [-0.25, -0.2) is 4.98 Å². The lowest BCUT2D eigenvalue weighted by molar-refractivity contribution is -0.385. The number of benzene rings is 2. The molecule has 1 amide bonds. The largest absolute Gasteiger partial charge is 0.490 e. The fourth-order valence-corrected chi connectivity index (χ4v) is 3.58. The molecular formula is C20H19N3O4S. The number of hydrogen-bond donors (Lipinski definition) is 1. The van der Waals surface area contributed by atoms with Crippen LogP contribution >= 0.6 is 11.3 Å². The van der Waals surface area contributed by atoms with Gasteiger partial charge in [0, 0.05) is 28.1 Å². The van der Waals surface area contributed by atoms with Crippen LogP contribution < -0.4 is 10.1 Å². The van der Waals surface area contributed by atoms with Crippen LogP contribution in [0.4, 0.5) is 10.8 Å². The minimum Gasteiger partial charge on any atom is -0.490 e. The first-order valence-electron chi connectivity index (χ1n) is 8.49. The average molecular weight is 397 g/mol. The van der Waals surface area contributed by atoms with Gasteiger partial charge in [-0.05, 0) is 44.0 Å². The first-order valence-corrected chi connectivity index (χ1v) is 9.30. The molecule has 0 saturated carbocycles. The Hall–Kier alpha value is -3.26. The zero-order valence-electron chi connectivity index (χ0n) is 15.9. The second-order valence-electron chi connectivity index (χ2n) is 6.32. The van der Waals surface area contributed by atoms with Gasteiger partial charge in [0.25, 0.3) is 5.91 Å². The van der Waals surface area contributed by atoms with Gasteiger partial charge in [-0.2, -0.15) is 0 Å². The van der Waals surface area contributed by atoms with E-state index in [-0.39, 0.29) is 17.0 Å². The third kappa shape index (κ3) is 3.86. The molecule has 7 nitrogen and oxygen atoms in total. The fraction of sp³-hybridized carbons (Fsp3) is 0.200. The summed E-state index contributed by atoms with van der Waals surface area (Å²) in [4.78, 5) is 28.5. The maximum absolute atomic E-state index is 12.5. The number of aryl methyl sites for hydroxylation is 3. The summed E-state index contributed by atoms with van der Waals surface area (Å²) < 4.78 is 5.01. The molecule has 0 unspecified atom stereocenters. The minimum absolute atomic E-state index is 0.0313. The van der Waals surface area contributed by atoms with Gasteiger partial charge in [-0.1, -0.05) is 12.1 Å². The molecular weight excluding hydrogens is 378 g/mol. The highest BCUT2D eigenvalue weighted by atomic mass is 32.1. The van der Waals surface area contributed by atoms with Crippen LogP contribution in [0.15, 0.2) is 36.4 Å². The zero-order valence-corrected chi connectivity index (χ0v) is 16.7. The average Bonchev–Trinajstić information content (AvgIpc) is 3.03. The Morgan fingerprint density at radius 3 is 2.54 bits per heavy atom. The number of nitro benzene ring substituents is 1. The lowest BCUT2D eigenvalue weighted by Gasteiger charge is -2.05. The molecule has 0 aliphatic rings. The predicted octanol–water partition coefficient (Wildman–Crippen LogP) is 4.90. The molecule has 1 N–H and O–H groups in total. The van der Waals surface area contributed by atoms with Crippen molar-refractivity contribution in [2.24, 2.45) is 0 Å². The fourth-order valence-electron chi connectivity index (χ4n) is 2.75. The third-order valence-corrected chi connectivity index (χ3v) is 5.32. The van der Waals surface area contributed by atoms with Crippen LogP contribution in [0.25, 0.3) is 11.3 Å². The minimum atomic E-state index is -0.555. The van der Waals surface area contributed by atoms with Gasteiger partial charge in [-0.3, -0.25) is 20.2 Å². The Balaban J connectivity index is 1.85. The molecule has 1 aromatic heterocycles. The molecule has 0 spiro atoms. The molecule has 1 heterocycles. The highest BCUT2D eigenvalue weighted by molar-refractivity contribution is 7.16. The van der Waals surface area contributed by atoms with Crippen molar-refractivity contribution in [1.29, 1.82) is 0 Å². The number of ether oxygens (including phenoxy) is 1. The summed E-state index contributed by atoms with van der Waals surface area (Å²) in [6.07, 6.45) is 0. The predicted molar refractivity (Wildman–Crippen MR) is 109 cm³/mol. The van der Waals surface area contributed by atoms with Crippen LogP contribution in [0.1, 0.15) is 26.4 Å². The van der Waals surface area contributed by atoms with Crippen LogP contribution in [-0.2, 0) is 0 Å². The van der Waals surface area contributed by atoms with Crippen LogP contribution in [-0.4, -0.2) is 22.9 Å². The highest BCUT2D eigenvalue weighted by Crippen LogP contribution is 2.32. The number of nitrogens with zero attached hydrogens (tertiary/aromatic N) is 2. The van der Waals surface area contributed by atoms with Crippen molar-refractivity contribution in [2.45, 2.75) is 20.8 Å². The van der Waals surface area contributed by atoms with Crippen molar-refractivity contribution in [2.75, 3.05) is 12.4 Å². The number of hydrogen-bond acceptors (Lipinski definition) is 6. The first-order chi connectivity index (χ1) is 13.3. The molecule has 0 aliphatic carbocycles. The number of nitrogens with one attached hydrogen (secondary N) is 1. The number of carbonyl (C=O) groups is 1. The number of thiazole rings is 1. The normalized spacial score (nSPS) is 10.6. The smallest absolute Gasteiger partial charge is 0.310 e. The maximum Gasteiger partial charge on any atom is 0.310 e. The summed E-state index contributed by atoms with van der Waals surface area (Å²) in [6.45, 7) is 6.05. The van der Waals surface area contributed by atoms with Crippen molar-refractivity contribution in [1.82, 2.24) is 4.98 Å². The van der Waals surface area contributed by atoms with E-state index in [0.29, 0.717) is 5.13 Å². The van der Waals surface area contributed by atoms with E-state index in [9.17, 15) is 14.9 Å². The standard InChI is InChI=1S/C20H19N3O4S/c1-11-5-6-14(9-12(11)2)18-13(3)28-20(21-18)22-19(24)15-7-8-16(23(25)26)17(10-15)27-4/h5-10H,1-4H3,(H,21,22,24). The molecule has 0 bridgehead atoms. The summed E-state index contributed by atoms with van der Waals surface area (Å²) in [5.41, 5.74) is 4.26. The number of methoxy groups -OCH3 is 1. The first kappa shape index (κ1) is 19.5. The van der Waals surface area contributed by atoms with Gasteiger partial charge in [0.15, 0.2) is 10.9 Å². The topological polar surface area (TPSA) is 94.4 Å². The van der Waals surface area contributed by atoms with Crippen molar-refractivity contribution in [3.05, 3.63) is 68.1 Å².